The van der Waals surface area contributed by atoms with Crippen LogP contribution < -0.4 is 4.74 Å². The highest BCUT2D eigenvalue weighted by Crippen LogP contribution is 2.23. The van der Waals surface area contributed by atoms with Crippen molar-refractivity contribution >= 4 is 17.5 Å². The number of carbonyl (C=O) groups is 1. The third-order valence-electron chi connectivity index (χ3n) is 2.71. The van der Waals surface area contributed by atoms with E-state index in [9.17, 15) is 4.79 Å². The molecule has 1 N–H and O–H groups in total. The predicted molar refractivity (Wildman–Crippen MR) is 71.0 cm³/mol. The number of ether oxygens (including phenoxy) is 1. The number of benzene rings is 1. The summed E-state index contributed by atoms with van der Waals surface area (Å²) in [5.74, 6) is 0.623. The Hall–Kier alpha value is -1.26. The van der Waals surface area contributed by atoms with Crippen LogP contribution in [0.15, 0.2) is 18.2 Å². The number of rotatable bonds is 6. The Morgan fingerprint density at radius 1 is 1.50 bits per heavy atom. The lowest BCUT2D eigenvalue weighted by Crippen LogP contribution is -2.34. The van der Waals surface area contributed by atoms with Crippen molar-refractivity contribution in [1.82, 2.24) is 4.90 Å². The van der Waals surface area contributed by atoms with E-state index in [1.165, 1.54) is 0 Å². The van der Waals surface area contributed by atoms with Gasteiger partial charge in [0.25, 0.3) is 0 Å². The summed E-state index contributed by atoms with van der Waals surface area (Å²) in [4.78, 5) is 13.6. The second-order valence-electron chi connectivity index (χ2n) is 3.83. The summed E-state index contributed by atoms with van der Waals surface area (Å²) < 4.78 is 5.05. The fourth-order valence-electron chi connectivity index (χ4n) is 1.65. The van der Waals surface area contributed by atoms with Crippen LogP contribution >= 0.6 is 11.6 Å². The molecule has 0 aliphatic rings. The standard InChI is InChI=1S/C13H18ClNO3/c1-3-15(6-7-16)13(17)8-10-4-5-11(18-2)9-12(10)14/h4-5,9,16H,3,6-8H2,1-2H3. The Bertz CT molecular complexity index is 409. The topological polar surface area (TPSA) is 49.8 Å². The first-order valence-electron chi connectivity index (χ1n) is 5.83. The van der Waals surface area contributed by atoms with Gasteiger partial charge in [-0.25, -0.2) is 0 Å². The number of halogens is 1. The van der Waals surface area contributed by atoms with E-state index in [2.05, 4.69) is 0 Å². The quantitative estimate of drug-likeness (QED) is 0.857. The molecule has 1 amide bonds. The summed E-state index contributed by atoms with van der Waals surface area (Å²) in [5, 5.41) is 9.39. The molecule has 0 saturated heterocycles. The van der Waals surface area contributed by atoms with E-state index >= 15 is 0 Å². The van der Waals surface area contributed by atoms with E-state index in [1.807, 2.05) is 6.92 Å². The Morgan fingerprint density at radius 2 is 2.22 bits per heavy atom. The van der Waals surface area contributed by atoms with Gasteiger partial charge in [0.05, 0.1) is 20.1 Å². The molecule has 0 spiro atoms. The minimum atomic E-state index is -0.0429. The molecule has 1 rings (SSSR count). The first kappa shape index (κ1) is 14.8. The van der Waals surface area contributed by atoms with E-state index in [0.717, 1.165) is 5.56 Å². The van der Waals surface area contributed by atoms with Gasteiger partial charge < -0.3 is 14.7 Å². The van der Waals surface area contributed by atoms with Gasteiger partial charge >= 0.3 is 0 Å². The first-order valence-corrected chi connectivity index (χ1v) is 6.21. The largest absolute Gasteiger partial charge is 0.497 e. The Balaban J connectivity index is 2.74. The molecule has 0 heterocycles. The number of nitrogens with zero attached hydrogens (tertiary/aromatic N) is 1. The van der Waals surface area contributed by atoms with Crippen LogP contribution in [0.3, 0.4) is 0 Å². The SMILES string of the molecule is CCN(CCO)C(=O)Cc1ccc(OC)cc1Cl. The zero-order valence-corrected chi connectivity index (χ0v) is 11.4. The number of aliphatic hydroxyl groups is 1. The molecular formula is C13H18ClNO3. The van der Waals surface area contributed by atoms with Crippen LogP contribution in [0.4, 0.5) is 0 Å². The predicted octanol–water partition coefficient (Wildman–Crippen LogP) is 1.73. The third-order valence-corrected chi connectivity index (χ3v) is 3.06. The Labute approximate surface area is 112 Å². The van der Waals surface area contributed by atoms with Gasteiger partial charge in [-0.05, 0) is 24.6 Å². The van der Waals surface area contributed by atoms with Gasteiger partial charge in [0.1, 0.15) is 5.75 Å². The molecule has 0 aromatic heterocycles. The number of hydrogen-bond acceptors (Lipinski definition) is 3. The maximum atomic E-state index is 12.0. The van der Waals surface area contributed by atoms with E-state index in [4.69, 9.17) is 21.4 Å². The number of likely N-dealkylation sites (N-methyl/N-ethyl adjacent to an activating group) is 1. The number of methoxy groups -OCH3 is 1. The average Bonchev–Trinajstić information content (AvgIpc) is 2.38. The summed E-state index contributed by atoms with van der Waals surface area (Å²) >= 11 is 6.08. The molecule has 0 atom stereocenters. The minimum absolute atomic E-state index is 0.0318. The molecule has 100 valence electrons. The van der Waals surface area contributed by atoms with Crippen molar-refractivity contribution in [3.05, 3.63) is 28.8 Å². The van der Waals surface area contributed by atoms with Crippen LogP contribution in [0.2, 0.25) is 5.02 Å². The minimum Gasteiger partial charge on any atom is -0.497 e. The van der Waals surface area contributed by atoms with Crippen LogP contribution in [0.25, 0.3) is 0 Å². The van der Waals surface area contributed by atoms with E-state index < -0.39 is 0 Å². The summed E-state index contributed by atoms with van der Waals surface area (Å²) in [6.07, 6.45) is 0.233. The number of carbonyl (C=O) groups excluding carboxylic acids is 1. The molecule has 0 aliphatic carbocycles. The van der Waals surface area contributed by atoms with Gasteiger partial charge in [0.15, 0.2) is 0 Å². The van der Waals surface area contributed by atoms with Crippen molar-refractivity contribution in [2.24, 2.45) is 0 Å². The van der Waals surface area contributed by atoms with Crippen molar-refractivity contribution in [3.8, 4) is 5.75 Å². The maximum absolute atomic E-state index is 12.0. The second kappa shape index (κ2) is 7.24. The fraction of sp³-hybridized carbons (Fsp3) is 0.462. The van der Waals surface area contributed by atoms with Crippen LogP contribution in [-0.4, -0.2) is 42.7 Å². The normalized spacial score (nSPS) is 10.2. The Kier molecular flexibility index (Phi) is 5.95. The van der Waals surface area contributed by atoms with Crippen LogP contribution in [0.5, 0.6) is 5.75 Å². The lowest BCUT2D eigenvalue weighted by molar-refractivity contribution is -0.130. The van der Waals surface area contributed by atoms with Crippen molar-refractivity contribution in [2.75, 3.05) is 26.8 Å². The smallest absolute Gasteiger partial charge is 0.227 e. The highest BCUT2D eigenvalue weighted by atomic mass is 35.5. The number of amides is 1. The van der Waals surface area contributed by atoms with Crippen LogP contribution in [0.1, 0.15) is 12.5 Å². The monoisotopic (exact) mass is 271 g/mol. The third kappa shape index (κ3) is 3.89. The zero-order chi connectivity index (χ0) is 13.5. The van der Waals surface area contributed by atoms with Crippen molar-refractivity contribution in [3.63, 3.8) is 0 Å². The first-order chi connectivity index (χ1) is 8.62. The zero-order valence-electron chi connectivity index (χ0n) is 10.6. The summed E-state index contributed by atoms with van der Waals surface area (Å²) in [7, 11) is 1.57. The lowest BCUT2D eigenvalue weighted by atomic mass is 10.1. The molecule has 0 fully saturated rings. The molecule has 1 aromatic rings. The van der Waals surface area contributed by atoms with Crippen molar-refractivity contribution < 1.29 is 14.6 Å². The summed E-state index contributed by atoms with van der Waals surface area (Å²) in [6.45, 7) is 2.77. The van der Waals surface area contributed by atoms with Crippen LogP contribution in [0, 0.1) is 0 Å². The van der Waals surface area contributed by atoms with Gasteiger partial charge in [-0.15, -0.1) is 0 Å². The molecule has 5 heteroatoms. The van der Waals surface area contributed by atoms with Crippen molar-refractivity contribution in [2.45, 2.75) is 13.3 Å². The van der Waals surface area contributed by atoms with E-state index in [-0.39, 0.29) is 18.9 Å². The number of aliphatic hydroxyl groups excluding tert-OH is 1. The van der Waals surface area contributed by atoms with Gasteiger partial charge in [0.2, 0.25) is 5.91 Å². The van der Waals surface area contributed by atoms with Gasteiger partial charge in [0, 0.05) is 18.1 Å². The summed E-state index contributed by atoms with van der Waals surface area (Å²) in [6, 6.07) is 5.25. The molecule has 0 aliphatic heterocycles. The van der Waals surface area contributed by atoms with E-state index in [1.54, 1.807) is 30.2 Å². The van der Waals surface area contributed by atoms with Gasteiger partial charge in [-0.3, -0.25) is 4.79 Å². The molecule has 18 heavy (non-hydrogen) atoms. The molecule has 0 bridgehead atoms. The van der Waals surface area contributed by atoms with Crippen LogP contribution in [-0.2, 0) is 11.2 Å². The highest BCUT2D eigenvalue weighted by molar-refractivity contribution is 6.31. The Morgan fingerprint density at radius 3 is 2.72 bits per heavy atom. The molecule has 1 aromatic carbocycles. The second-order valence-corrected chi connectivity index (χ2v) is 4.24. The van der Waals surface area contributed by atoms with Gasteiger partial charge in [-0.2, -0.15) is 0 Å². The number of hydrogen-bond donors (Lipinski definition) is 1. The summed E-state index contributed by atoms with van der Waals surface area (Å²) in [5.41, 5.74) is 0.763. The molecule has 0 radical (unpaired) electrons. The molecule has 0 unspecified atom stereocenters. The fourth-order valence-corrected chi connectivity index (χ4v) is 1.89. The highest BCUT2D eigenvalue weighted by Gasteiger charge is 2.13. The average molecular weight is 272 g/mol. The maximum Gasteiger partial charge on any atom is 0.227 e. The van der Waals surface area contributed by atoms with E-state index in [0.29, 0.717) is 23.9 Å². The molecule has 4 nitrogen and oxygen atoms in total. The molecule has 0 saturated carbocycles. The molecular weight excluding hydrogens is 254 g/mol. The lowest BCUT2D eigenvalue weighted by Gasteiger charge is -2.20. The van der Waals surface area contributed by atoms with Gasteiger partial charge in [-0.1, -0.05) is 17.7 Å². The van der Waals surface area contributed by atoms with Crippen molar-refractivity contribution in [1.29, 1.82) is 0 Å².